The fraction of sp³-hybridized carbons (Fsp3) is 0.333. The first-order valence-corrected chi connectivity index (χ1v) is 10.6. The number of halogens is 1. The number of amides is 1. The third-order valence-electron chi connectivity index (χ3n) is 4.98. The van der Waals surface area contributed by atoms with Gasteiger partial charge in [-0.05, 0) is 55.3 Å². The van der Waals surface area contributed by atoms with E-state index in [1.54, 1.807) is 24.9 Å². The standard InChI is InChI=1S/C21H21ClN2O3S/c1-26-16-3-5-17(6-4-16)28-13-20(25)24-10-8-14(9-11-24)21-23-18-12-15(22)2-7-19(18)27-21/h2-7,12,14H,8-11,13H2,1H3. The number of benzene rings is 2. The highest BCUT2D eigenvalue weighted by Crippen LogP contribution is 2.31. The quantitative estimate of drug-likeness (QED) is 0.548. The van der Waals surface area contributed by atoms with Gasteiger partial charge in [0.2, 0.25) is 5.91 Å². The number of aromatic nitrogens is 1. The van der Waals surface area contributed by atoms with Crippen molar-refractivity contribution in [1.29, 1.82) is 0 Å². The Balaban J connectivity index is 1.30. The molecule has 1 fully saturated rings. The largest absolute Gasteiger partial charge is 0.497 e. The van der Waals surface area contributed by atoms with Crippen LogP contribution in [0.5, 0.6) is 5.75 Å². The third kappa shape index (κ3) is 4.28. The first kappa shape index (κ1) is 19.2. The van der Waals surface area contributed by atoms with E-state index < -0.39 is 0 Å². The molecule has 146 valence electrons. The molecule has 1 saturated heterocycles. The Labute approximate surface area is 173 Å². The molecule has 1 amide bonds. The molecule has 2 heterocycles. The Hall–Kier alpha value is -2.18. The number of thioether (sulfide) groups is 1. The smallest absolute Gasteiger partial charge is 0.232 e. The lowest BCUT2D eigenvalue weighted by Crippen LogP contribution is -2.39. The maximum absolute atomic E-state index is 12.5. The van der Waals surface area contributed by atoms with Crippen LogP contribution in [0.1, 0.15) is 24.7 Å². The number of rotatable bonds is 5. The van der Waals surface area contributed by atoms with Gasteiger partial charge < -0.3 is 14.1 Å². The number of likely N-dealkylation sites (tertiary alicyclic amines) is 1. The highest BCUT2D eigenvalue weighted by atomic mass is 35.5. The molecule has 28 heavy (non-hydrogen) atoms. The number of hydrogen-bond acceptors (Lipinski definition) is 5. The maximum Gasteiger partial charge on any atom is 0.232 e. The van der Waals surface area contributed by atoms with E-state index in [1.807, 2.05) is 41.3 Å². The molecule has 0 unspecified atom stereocenters. The molecule has 0 N–H and O–H groups in total. The number of hydrogen-bond donors (Lipinski definition) is 0. The van der Waals surface area contributed by atoms with Gasteiger partial charge in [-0.3, -0.25) is 4.79 Å². The molecule has 1 aromatic heterocycles. The Kier molecular flexibility index (Phi) is 5.78. The van der Waals surface area contributed by atoms with Crippen molar-refractivity contribution in [3.05, 3.63) is 53.4 Å². The van der Waals surface area contributed by atoms with Gasteiger partial charge in [0.05, 0.1) is 12.9 Å². The number of fused-ring (bicyclic) bond motifs is 1. The van der Waals surface area contributed by atoms with Gasteiger partial charge in [-0.1, -0.05) is 11.6 Å². The van der Waals surface area contributed by atoms with Gasteiger partial charge >= 0.3 is 0 Å². The van der Waals surface area contributed by atoms with Crippen LogP contribution in [0.25, 0.3) is 11.1 Å². The Bertz CT molecular complexity index is 965. The zero-order valence-corrected chi connectivity index (χ0v) is 17.1. The van der Waals surface area contributed by atoms with Crippen LogP contribution in [0.3, 0.4) is 0 Å². The van der Waals surface area contributed by atoms with E-state index in [9.17, 15) is 4.79 Å². The van der Waals surface area contributed by atoms with Crippen molar-refractivity contribution in [3.8, 4) is 5.75 Å². The summed E-state index contributed by atoms with van der Waals surface area (Å²) in [7, 11) is 1.64. The van der Waals surface area contributed by atoms with Crippen molar-refractivity contribution < 1.29 is 13.9 Å². The average Bonchev–Trinajstić information content (AvgIpc) is 3.15. The summed E-state index contributed by atoms with van der Waals surface area (Å²) in [4.78, 5) is 20.1. The molecule has 1 aliphatic heterocycles. The minimum atomic E-state index is 0.170. The van der Waals surface area contributed by atoms with E-state index in [0.717, 1.165) is 53.6 Å². The summed E-state index contributed by atoms with van der Waals surface area (Å²) >= 11 is 7.58. The van der Waals surface area contributed by atoms with E-state index >= 15 is 0 Å². The molecule has 0 atom stereocenters. The first-order valence-electron chi connectivity index (χ1n) is 9.23. The molecule has 0 aliphatic carbocycles. The second kappa shape index (κ2) is 8.45. The number of ether oxygens (including phenoxy) is 1. The fourth-order valence-electron chi connectivity index (χ4n) is 3.38. The number of carbonyl (C=O) groups excluding carboxylic acids is 1. The highest BCUT2D eigenvalue weighted by molar-refractivity contribution is 8.00. The molecular formula is C21H21ClN2O3S. The minimum Gasteiger partial charge on any atom is -0.497 e. The van der Waals surface area contributed by atoms with E-state index in [4.69, 9.17) is 20.8 Å². The maximum atomic E-state index is 12.5. The minimum absolute atomic E-state index is 0.170. The number of oxazole rings is 1. The van der Waals surface area contributed by atoms with Crippen molar-refractivity contribution in [2.45, 2.75) is 23.7 Å². The van der Waals surface area contributed by atoms with E-state index in [2.05, 4.69) is 4.98 Å². The number of piperidine rings is 1. The van der Waals surface area contributed by atoms with Gasteiger partial charge in [0.1, 0.15) is 11.3 Å². The van der Waals surface area contributed by atoms with Crippen molar-refractivity contribution in [3.63, 3.8) is 0 Å². The van der Waals surface area contributed by atoms with Gasteiger partial charge in [0.25, 0.3) is 0 Å². The Morgan fingerprint density at radius 1 is 1.25 bits per heavy atom. The lowest BCUT2D eigenvalue weighted by atomic mass is 9.97. The molecule has 0 radical (unpaired) electrons. The topological polar surface area (TPSA) is 55.6 Å². The lowest BCUT2D eigenvalue weighted by molar-refractivity contribution is -0.129. The summed E-state index contributed by atoms with van der Waals surface area (Å²) in [6.45, 7) is 1.46. The average molecular weight is 417 g/mol. The predicted molar refractivity (Wildman–Crippen MR) is 111 cm³/mol. The van der Waals surface area contributed by atoms with Gasteiger partial charge in [-0.15, -0.1) is 11.8 Å². The Morgan fingerprint density at radius 2 is 2.00 bits per heavy atom. The third-order valence-corrected chi connectivity index (χ3v) is 6.22. The molecule has 5 nitrogen and oxygen atoms in total. The number of carbonyl (C=O) groups is 1. The second-order valence-corrected chi connectivity index (χ2v) is 8.27. The van der Waals surface area contributed by atoms with E-state index in [-0.39, 0.29) is 11.8 Å². The van der Waals surface area contributed by atoms with Gasteiger partial charge in [-0.25, -0.2) is 4.98 Å². The van der Waals surface area contributed by atoms with Crippen molar-refractivity contribution >= 4 is 40.4 Å². The van der Waals surface area contributed by atoms with Crippen molar-refractivity contribution in [2.75, 3.05) is 26.0 Å². The SMILES string of the molecule is COc1ccc(SCC(=O)N2CCC(c3nc4cc(Cl)ccc4o3)CC2)cc1. The van der Waals surface area contributed by atoms with Gasteiger partial charge in [0, 0.05) is 28.9 Å². The van der Waals surface area contributed by atoms with Crippen molar-refractivity contribution in [2.24, 2.45) is 0 Å². The van der Waals surface area contributed by atoms with Crippen LogP contribution in [0, 0.1) is 0 Å². The van der Waals surface area contributed by atoms with Crippen LogP contribution in [0.2, 0.25) is 5.02 Å². The zero-order chi connectivity index (χ0) is 19.5. The molecule has 2 aromatic carbocycles. The monoisotopic (exact) mass is 416 g/mol. The van der Waals surface area contributed by atoms with Gasteiger partial charge in [-0.2, -0.15) is 0 Å². The fourth-order valence-corrected chi connectivity index (χ4v) is 4.34. The van der Waals surface area contributed by atoms with Gasteiger partial charge in [0.15, 0.2) is 11.5 Å². The summed E-state index contributed by atoms with van der Waals surface area (Å²) in [6.07, 6.45) is 1.72. The van der Waals surface area contributed by atoms with E-state index in [1.165, 1.54) is 0 Å². The normalized spacial score (nSPS) is 15.1. The molecule has 3 aromatic rings. The molecule has 0 bridgehead atoms. The molecule has 1 aliphatic rings. The molecule has 0 spiro atoms. The molecular weight excluding hydrogens is 396 g/mol. The van der Waals surface area contributed by atoms with Crippen LogP contribution in [0.4, 0.5) is 0 Å². The molecule has 0 saturated carbocycles. The highest BCUT2D eigenvalue weighted by Gasteiger charge is 2.27. The number of methoxy groups -OCH3 is 1. The second-order valence-electron chi connectivity index (χ2n) is 6.78. The first-order chi connectivity index (χ1) is 13.6. The van der Waals surface area contributed by atoms with Crippen LogP contribution >= 0.6 is 23.4 Å². The van der Waals surface area contributed by atoms with Crippen LogP contribution in [-0.2, 0) is 4.79 Å². The summed E-state index contributed by atoms with van der Waals surface area (Å²) in [5.74, 6) is 2.42. The van der Waals surface area contributed by atoms with Crippen LogP contribution < -0.4 is 4.74 Å². The zero-order valence-electron chi connectivity index (χ0n) is 15.6. The van der Waals surface area contributed by atoms with E-state index in [0.29, 0.717) is 10.8 Å². The predicted octanol–water partition coefficient (Wildman–Crippen LogP) is 4.99. The van der Waals surface area contributed by atoms with Crippen molar-refractivity contribution in [1.82, 2.24) is 9.88 Å². The summed E-state index contributed by atoms with van der Waals surface area (Å²) in [5, 5.41) is 0.655. The summed E-state index contributed by atoms with van der Waals surface area (Å²) in [5.41, 5.74) is 1.55. The lowest BCUT2D eigenvalue weighted by Gasteiger charge is -2.30. The van der Waals surface area contributed by atoms with Crippen LogP contribution in [-0.4, -0.2) is 41.7 Å². The summed E-state index contributed by atoms with van der Waals surface area (Å²) < 4.78 is 11.1. The molecule has 4 rings (SSSR count). The molecule has 7 heteroatoms. The summed E-state index contributed by atoms with van der Waals surface area (Å²) in [6, 6.07) is 13.2. The Morgan fingerprint density at radius 3 is 2.71 bits per heavy atom. The number of nitrogens with zero attached hydrogens (tertiary/aromatic N) is 2. The van der Waals surface area contributed by atoms with Crippen LogP contribution in [0.15, 0.2) is 51.8 Å².